The van der Waals surface area contributed by atoms with E-state index in [2.05, 4.69) is 0 Å². The average molecular weight is 352 g/mol. The van der Waals surface area contributed by atoms with E-state index >= 15 is 0 Å². The second-order valence-electron chi connectivity index (χ2n) is 5.41. The summed E-state index contributed by atoms with van der Waals surface area (Å²) in [5, 5.41) is 1.91. The number of hydrogen-bond donors (Lipinski definition) is 2. The maximum Gasteiger partial charge on any atom is 0.340 e. The molecule has 8 heteroatoms. The average Bonchev–Trinajstić information content (AvgIpc) is 2.49. The molecule has 0 spiro atoms. The van der Waals surface area contributed by atoms with Crippen LogP contribution in [0.25, 0.3) is 0 Å². The van der Waals surface area contributed by atoms with Gasteiger partial charge in [0.2, 0.25) is 0 Å². The first-order valence-electron chi connectivity index (χ1n) is 7.25. The van der Waals surface area contributed by atoms with Crippen molar-refractivity contribution in [1.29, 1.82) is 0 Å². The Kier molecular flexibility index (Phi) is 7.44. The number of esters is 1. The molecule has 0 saturated carbocycles. The second kappa shape index (κ2) is 9.07. The van der Waals surface area contributed by atoms with Crippen molar-refractivity contribution in [2.45, 2.75) is 31.8 Å². The summed E-state index contributed by atoms with van der Waals surface area (Å²) in [6.45, 7) is 4.81. The number of primary amides is 1. The van der Waals surface area contributed by atoms with Crippen molar-refractivity contribution in [2.24, 2.45) is 11.7 Å². The van der Waals surface area contributed by atoms with E-state index < -0.39 is 24.0 Å². The first kappa shape index (κ1) is 19.7. The van der Waals surface area contributed by atoms with E-state index in [0.29, 0.717) is 4.90 Å². The van der Waals surface area contributed by atoms with Crippen molar-refractivity contribution in [1.82, 2.24) is 5.32 Å². The molecule has 0 aliphatic carbocycles. The Labute approximate surface area is 144 Å². The van der Waals surface area contributed by atoms with Gasteiger partial charge in [-0.3, -0.25) is 14.9 Å². The lowest BCUT2D eigenvalue weighted by Gasteiger charge is -2.20. The lowest BCUT2D eigenvalue weighted by molar-refractivity contribution is -0.130. The van der Waals surface area contributed by atoms with Crippen LogP contribution < -0.4 is 11.1 Å². The number of ether oxygens (including phenoxy) is 1. The number of carbonyl (C=O) groups is 4. The molecule has 0 aliphatic rings. The predicted octanol–water partition coefficient (Wildman–Crippen LogP) is 1.74. The molecule has 0 unspecified atom stereocenters. The number of amides is 3. The first-order chi connectivity index (χ1) is 11.2. The van der Waals surface area contributed by atoms with Gasteiger partial charge in [-0.05, 0) is 25.0 Å². The van der Waals surface area contributed by atoms with Crippen molar-refractivity contribution in [3.63, 3.8) is 0 Å². The summed E-state index contributed by atoms with van der Waals surface area (Å²) < 4.78 is 5.25. The fraction of sp³-hybridized carbons (Fsp3) is 0.375. The van der Waals surface area contributed by atoms with Gasteiger partial charge in [-0.1, -0.05) is 26.0 Å². The monoisotopic (exact) mass is 352 g/mol. The van der Waals surface area contributed by atoms with E-state index in [4.69, 9.17) is 10.5 Å². The Balaban J connectivity index is 2.94. The van der Waals surface area contributed by atoms with Crippen molar-refractivity contribution < 1.29 is 23.9 Å². The van der Waals surface area contributed by atoms with E-state index in [1.807, 2.05) is 5.32 Å². The lowest BCUT2D eigenvalue weighted by atomic mass is 10.1. The van der Waals surface area contributed by atoms with Gasteiger partial charge in [0, 0.05) is 4.90 Å². The quantitative estimate of drug-likeness (QED) is 0.570. The Morgan fingerprint density at radius 2 is 1.83 bits per heavy atom. The number of Topliss-reactive ketones (excluding diaryl/α,β-unsaturated/α-hetero) is 1. The van der Waals surface area contributed by atoms with Crippen LogP contribution in [0, 0.1) is 5.92 Å². The van der Waals surface area contributed by atoms with E-state index in [0.717, 1.165) is 0 Å². The van der Waals surface area contributed by atoms with Gasteiger partial charge >= 0.3 is 12.0 Å². The smallest absolute Gasteiger partial charge is 0.340 e. The number of rotatable bonds is 7. The molecule has 130 valence electrons. The van der Waals surface area contributed by atoms with Crippen LogP contribution in [0.4, 0.5) is 4.79 Å². The third-order valence-electron chi connectivity index (χ3n) is 2.88. The zero-order valence-electron chi connectivity index (χ0n) is 13.7. The van der Waals surface area contributed by atoms with Gasteiger partial charge in [0.25, 0.3) is 5.91 Å². The van der Waals surface area contributed by atoms with E-state index in [1.165, 1.54) is 18.7 Å². The Hall–Kier alpha value is -2.35. The molecule has 0 aliphatic heterocycles. The summed E-state index contributed by atoms with van der Waals surface area (Å²) in [5.74, 6) is -1.64. The molecule has 0 bridgehead atoms. The van der Waals surface area contributed by atoms with E-state index in [-0.39, 0.29) is 23.0 Å². The van der Waals surface area contributed by atoms with Gasteiger partial charge < -0.3 is 10.5 Å². The van der Waals surface area contributed by atoms with Gasteiger partial charge in [0.15, 0.2) is 6.10 Å². The van der Waals surface area contributed by atoms with Crippen LogP contribution in [0.5, 0.6) is 0 Å². The third kappa shape index (κ3) is 6.04. The van der Waals surface area contributed by atoms with E-state index in [1.54, 1.807) is 38.1 Å². The number of urea groups is 1. The van der Waals surface area contributed by atoms with Gasteiger partial charge in [-0.15, -0.1) is 11.8 Å². The molecule has 1 atom stereocenters. The number of ketones is 1. The van der Waals surface area contributed by atoms with Gasteiger partial charge in [-0.2, -0.15) is 0 Å². The number of imide groups is 1. The molecule has 1 aromatic carbocycles. The molecule has 0 aromatic heterocycles. The van der Waals surface area contributed by atoms with Gasteiger partial charge in [-0.25, -0.2) is 9.59 Å². The SMILES string of the molecule is CC(=O)CSc1ccccc1C(=O)O[C@@H](C(=O)NC(N)=O)C(C)C. The highest BCUT2D eigenvalue weighted by atomic mass is 32.2. The third-order valence-corrected chi connectivity index (χ3v) is 4.10. The van der Waals surface area contributed by atoms with Crippen molar-refractivity contribution in [3.8, 4) is 0 Å². The molecule has 0 saturated heterocycles. The summed E-state index contributed by atoms with van der Waals surface area (Å²) in [6.07, 6.45) is -1.16. The van der Waals surface area contributed by atoms with Crippen LogP contribution in [0.1, 0.15) is 31.1 Å². The summed E-state index contributed by atoms with van der Waals surface area (Å²) in [7, 11) is 0. The second-order valence-corrected chi connectivity index (χ2v) is 6.43. The molecule has 0 radical (unpaired) electrons. The highest BCUT2D eigenvalue weighted by molar-refractivity contribution is 8.00. The minimum absolute atomic E-state index is 0.0240. The van der Waals surface area contributed by atoms with Gasteiger partial charge in [0.05, 0.1) is 11.3 Å². The predicted molar refractivity (Wildman–Crippen MR) is 89.6 cm³/mol. The van der Waals surface area contributed by atoms with Crippen LogP contribution in [0.15, 0.2) is 29.2 Å². The maximum atomic E-state index is 12.4. The molecule has 3 N–H and O–H groups in total. The molecule has 0 heterocycles. The first-order valence-corrected chi connectivity index (χ1v) is 8.23. The highest BCUT2D eigenvalue weighted by Crippen LogP contribution is 2.24. The van der Waals surface area contributed by atoms with Gasteiger partial charge in [0.1, 0.15) is 5.78 Å². The summed E-state index contributed by atoms with van der Waals surface area (Å²) >= 11 is 1.21. The fourth-order valence-corrected chi connectivity index (χ4v) is 2.64. The maximum absolute atomic E-state index is 12.4. The molecule has 24 heavy (non-hydrogen) atoms. The van der Waals surface area contributed by atoms with Crippen LogP contribution >= 0.6 is 11.8 Å². The Bertz CT molecular complexity index is 645. The molecule has 1 rings (SSSR count). The zero-order valence-corrected chi connectivity index (χ0v) is 14.5. The van der Waals surface area contributed by atoms with Crippen LogP contribution in [-0.2, 0) is 14.3 Å². The molecule has 0 fully saturated rings. The van der Waals surface area contributed by atoms with Crippen molar-refractivity contribution >= 4 is 35.5 Å². The van der Waals surface area contributed by atoms with E-state index in [9.17, 15) is 19.2 Å². The minimum atomic E-state index is -1.16. The molecule has 1 aromatic rings. The Morgan fingerprint density at radius 1 is 1.21 bits per heavy atom. The normalized spacial score (nSPS) is 11.7. The van der Waals surface area contributed by atoms with Crippen molar-refractivity contribution in [3.05, 3.63) is 29.8 Å². The standard InChI is InChI=1S/C16H20N2O5S/c1-9(2)13(14(20)18-16(17)22)23-15(21)11-6-4-5-7-12(11)24-8-10(3)19/h4-7,9,13H,8H2,1-3H3,(H3,17,18,20,22)/t13-/m1/s1. The zero-order chi connectivity index (χ0) is 18.3. The number of nitrogens with one attached hydrogen (secondary N) is 1. The number of hydrogen-bond acceptors (Lipinski definition) is 6. The highest BCUT2D eigenvalue weighted by Gasteiger charge is 2.28. The van der Waals surface area contributed by atoms with Crippen LogP contribution in [0.3, 0.4) is 0 Å². The number of nitrogens with two attached hydrogens (primary N) is 1. The topological polar surface area (TPSA) is 116 Å². The molecular formula is C16H20N2O5S. The number of carbonyl (C=O) groups excluding carboxylic acids is 4. The number of thioether (sulfide) groups is 1. The minimum Gasteiger partial charge on any atom is -0.448 e. The summed E-state index contributed by atoms with van der Waals surface area (Å²) in [5.41, 5.74) is 5.17. The van der Waals surface area contributed by atoms with Crippen LogP contribution in [0.2, 0.25) is 0 Å². The number of benzene rings is 1. The van der Waals surface area contributed by atoms with Crippen molar-refractivity contribution in [2.75, 3.05) is 5.75 Å². The van der Waals surface area contributed by atoms with Crippen LogP contribution in [-0.4, -0.2) is 35.5 Å². The molecule has 7 nitrogen and oxygen atoms in total. The fourth-order valence-electron chi connectivity index (χ4n) is 1.80. The summed E-state index contributed by atoms with van der Waals surface area (Å²) in [6, 6.07) is 5.62. The Morgan fingerprint density at radius 3 is 2.38 bits per heavy atom. The molecular weight excluding hydrogens is 332 g/mol. The lowest BCUT2D eigenvalue weighted by Crippen LogP contribution is -2.45. The summed E-state index contributed by atoms with van der Waals surface area (Å²) in [4.78, 5) is 46.8. The largest absolute Gasteiger partial charge is 0.448 e. The molecule has 3 amide bonds.